The SMILES string of the molecule is Cc1oc2c(Br)c3ccccc3c(-c3cc(Br)c(O)c(Br)c3)c2c1C. The third-order valence-corrected chi connectivity index (χ3v) is 6.57. The monoisotopic (exact) mass is 522 g/mol. The molecule has 0 aliphatic heterocycles. The molecule has 2 nitrogen and oxygen atoms in total. The summed E-state index contributed by atoms with van der Waals surface area (Å²) in [5.74, 6) is 1.10. The fourth-order valence-corrected chi connectivity index (χ4v) is 5.05. The Morgan fingerprint density at radius 1 is 0.920 bits per heavy atom. The topological polar surface area (TPSA) is 33.4 Å². The van der Waals surface area contributed by atoms with Gasteiger partial charge in [0, 0.05) is 16.3 Å². The molecule has 0 unspecified atom stereocenters. The average molecular weight is 525 g/mol. The molecule has 4 aromatic rings. The summed E-state index contributed by atoms with van der Waals surface area (Å²) in [6, 6.07) is 12.1. The van der Waals surface area contributed by atoms with Crippen molar-refractivity contribution < 1.29 is 9.52 Å². The van der Waals surface area contributed by atoms with Crippen LogP contribution in [0.1, 0.15) is 11.3 Å². The van der Waals surface area contributed by atoms with Crippen molar-refractivity contribution >= 4 is 69.5 Å². The molecule has 4 rings (SSSR count). The Balaban J connectivity index is 2.27. The molecule has 0 atom stereocenters. The number of hydrogen-bond acceptors (Lipinski definition) is 2. The highest BCUT2D eigenvalue weighted by Gasteiger charge is 2.21. The Morgan fingerprint density at radius 3 is 2.16 bits per heavy atom. The first-order valence-corrected chi connectivity index (χ1v) is 10.1. The summed E-state index contributed by atoms with van der Waals surface area (Å²) in [6.07, 6.45) is 0. The van der Waals surface area contributed by atoms with Gasteiger partial charge in [-0.2, -0.15) is 0 Å². The van der Waals surface area contributed by atoms with E-state index in [1.165, 1.54) is 0 Å². The largest absolute Gasteiger partial charge is 0.506 e. The van der Waals surface area contributed by atoms with E-state index in [1.54, 1.807) is 0 Å². The highest BCUT2D eigenvalue weighted by molar-refractivity contribution is 9.11. The van der Waals surface area contributed by atoms with E-state index in [4.69, 9.17) is 4.42 Å². The zero-order valence-electron chi connectivity index (χ0n) is 13.5. The highest BCUT2D eigenvalue weighted by Crippen LogP contribution is 2.46. The summed E-state index contributed by atoms with van der Waals surface area (Å²) >= 11 is 10.6. The van der Waals surface area contributed by atoms with Gasteiger partial charge in [-0.3, -0.25) is 0 Å². The van der Waals surface area contributed by atoms with Crippen molar-refractivity contribution in [2.75, 3.05) is 0 Å². The molecule has 3 aromatic carbocycles. The van der Waals surface area contributed by atoms with Gasteiger partial charge >= 0.3 is 0 Å². The molecule has 0 amide bonds. The summed E-state index contributed by atoms with van der Waals surface area (Å²) in [6.45, 7) is 4.06. The minimum atomic E-state index is 0.196. The number of halogens is 3. The molecule has 0 aliphatic carbocycles. The molecule has 5 heteroatoms. The number of phenolic OH excluding ortho intramolecular Hbond substituents is 1. The first-order chi connectivity index (χ1) is 11.9. The third kappa shape index (κ3) is 2.56. The van der Waals surface area contributed by atoms with Crippen molar-refractivity contribution in [3.8, 4) is 16.9 Å². The summed E-state index contributed by atoms with van der Waals surface area (Å²) < 4.78 is 8.33. The van der Waals surface area contributed by atoms with Crippen molar-refractivity contribution in [1.29, 1.82) is 0 Å². The van der Waals surface area contributed by atoms with E-state index in [9.17, 15) is 5.11 Å². The maximum absolute atomic E-state index is 10.1. The van der Waals surface area contributed by atoms with Gasteiger partial charge in [-0.1, -0.05) is 24.3 Å². The average Bonchev–Trinajstić information content (AvgIpc) is 2.89. The predicted octanol–water partition coefficient (Wildman–Crippen LogP) is 7.86. The molecule has 0 saturated heterocycles. The van der Waals surface area contributed by atoms with Crippen LogP contribution in [0, 0.1) is 13.8 Å². The summed E-state index contributed by atoms with van der Waals surface area (Å²) in [5.41, 5.74) is 4.08. The number of phenols is 1. The summed E-state index contributed by atoms with van der Waals surface area (Å²) in [4.78, 5) is 0. The molecule has 1 N–H and O–H groups in total. The molecule has 0 saturated carbocycles. The van der Waals surface area contributed by atoms with E-state index in [-0.39, 0.29) is 5.75 Å². The molecule has 0 radical (unpaired) electrons. The van der Waals surface area contributed by atoms with Crippen molar-refractivity contribution in [1.82, 2.24) is 0 Å². The first kappa shape index (κ1) is 17.1. The second-order valence-corrected chi connectivity index (χ2v) is 8.51. The fraction of sp³-hybridized carbons (Fsp3) is 0.100. The number of aryl methyl sites for hydroxylation is 2. The van der Waals surface area contributed by atoms with Crippen molar-refractivity contribution in [2.45, 2.75) is 13.8 Å². The molecular formula is C20H13Br3O2. The number of furan rings is 1. The van der Waals surface area contributed by atoms with E-state index in [0.717, 1.165) is 48.7 Å². The van der Waals surface area contributed by atoms with Crippen LogP contribution in [-0.4, -0.2) is 5.11 Å². The molecule has 1 heterocycles. The van der Waals surface area contributed by atoms with Crippen LogP contribution in [0.25, 0.3) is 32.9 Å². The third-order valence-electron chi connectivity index (χ3n) is 4.57. The second-order valence-electron chi connectivity index (χ2n) is 6.01. The van der Waals surface area contributed by atoms with Gasteiger partial charge in [0.25, 0.3) is 0 Å². The minimum absolute atomic E-state index is 0.196. The molecule has 0 bridgehead atoms. The van der Waals surface area contributed by atoms with Gasteiger partial charge < -0.3 is 9.52 Å². The quantitative estimate of drug-likeness (QED) is 0.275. The minimum Gasteiger partial charge on any atom is -0.506 e. The van der Waals surface area contributed by atoms with Crippen molar-refractivity contribution in [3.05, 3.63) is 61.1 Å². The van der Waals surface area contributed by atoms with Gasteiger partial charge in [-0.25, -0.2) is 0 Å². The normalized spacial score (nSPS) is 11.6. The van der Waals surface area contributed by atoms with Crippen LogP contribution < -0.4 is 0 Å². The fourth-order valence-electron chi connectivity index (χ4n) is 3.24. The molecular weight excluding hydrogens is 512 g/mol. The number of aromatic hydroxyl groups is 1. The van der Waals surface area contributed by atoms with Crippen LogP contribution >= 0.6 is 47.8 Å². The number of fused-ring (bicyclic) bond motifs is 2. The Labute approximate surface area is 170 Å². The Kier molecular flexibility index (Phi) is 4.21. The van der Waals surface area contributed by atoms with Crippen LogP contribution in [0.3, 0.4) is 0 Å². The Bertz CT molecular complexity index is 1140. The van der Waals surface area contributed by atoms with Crippen LogP contribution in [0.5, 0.6) is 5.75 Å². The number of rotatable bonds is 1. The lowest BCUT2D eigenvalue weighted by Gasteiger charge is -2.13. The van der Waals surface area contributed by atoms with Crippen molar-refractivity contribution in [2.24, 2.45) is 0 Å². The zero-order valence-corrected chi connectivity index (χ0v) is 18.2. The van der Waals surface area contributed by atoms with Gasteiger partial charge in [0.05, 0.1) is 13.4 Å². The second kappa shape index (κ2) is 6.15. The summed E-state index contributed by atoms with van der Waals surface area (Å²) in [7, 11) is 0. The lowest BCUT2D eigenvalue weighted by molar-refractivity contribution is 0.468. The van der Waals surface area contributed by atoms with Crippen LogP contribution in [-0.2, 0) is 0 Å². The van der Waals surface area contributed by atoms with Gasteiger partial charge in [0.2, 0.25) is 0 Å². The molecule has 1 aromatic heterocycles. The van der Waals surface area contributed by atoms with Crippen LogP contribution in [0.2, 0.25) is 0 Å². The predicted molar refractivity (Wildman–Crippen MR) is 113 cm³/mol. The van der Waals surface area contributed by atoms with Crippen LogP contribution in [0.15, 0.2) is 54.2 Å². The van der Waals surface area contributed by atoms with Gasteiger partial charge in [0.1, 0.15) is 17.1 Å². The van der Waals surface area contributed by atoms with Crippen LogP contribution in [0.4, 0.5) is 0 Å². The zero-order chi connectivity index (χ0) is 17.9. The van der Waals surface area contributed by atoms with E-state index < -0.39 is 0 Å². The van der Waals surface area contributed by atoms with E-state index in [1.807, 2.05) is 31.2 Å². The smallest absolute Gasteiger partial charge is 0.149 e. The molecule has 25 heavy (non-hydrogen) atoms. The van der Waals surface area contributed by atoms with E-state index >= 15 is 0 Å². The van der Waals surface area contributed by atoms with Crippen molar-refractivity contribution in [3.63, 3.8) is 0 Å². The first-order valence-electron chi connectivity index (χ1n) is 7.68. The van der Waals surface area contributed by atoms with E-state index in [2.05, 4.69) is 66.8 Å². The maximum Gasteiger partial charge on any atom is 0.149 e. The van der Waals surface area contributed by atoms with E-state index in [0.29, 0.717) is 8.95 Å². The molecule has 126 valence electrons. The van der Waals surface area contributed by atoms with Gasteiger partial charge in [-0.15, -0.1) is 0 Å². The standard InChI is InChI=1S/C20H13Br3O2/c1-9-10(2)25-20-16(9)17(11-7-14(21)19(24)15(22)8-11)12-5-3-4-6-13(12)18(20)23/h3-8,24H,1-2H3. The summed E-state index contributed by atoms with van der Waals surface area (Å²) in [5, 5.41) is 13.4. The lowest BCUT2D eigenvalue weighted by atomic mass is 9.93. The van der Waals surface area contributed by atoms with Gasteiger partial charge in [-0.05, 0) is 90.3 Å². The molecule has 0 fully saturated rings. The highest BCUT2D eigenvalue weighted by atomic mass is 79.9. The number of benzene rings is 3. The maximum atomic E-state index is 10.1. The number of hydrogen-bond donors (Lipinski definition) is 1. The Hall–Kier alpha value is -1.30. The van der Waals surface area contributed by atoms with Gasteiger partial charge in [0.15, 0.2) is 0 Å². The molecule has 0 spiro atoms. The lowest BCUT2D eigenvalue weighted by Crippen LogP contribution is -1.88. The molecule has 0 aliphatic rings. The Morgan fingerprint density at radius 2 is 1.52 bits per heavy atom.